The Kier molecular flexibility index (Phi) is 4.45. The van der Waals surface area contributed by atoms with Crippen molar-refractivity contribution in [3.8, 4) is 0 Å². The second-order valence-corrected chi connectivity index (χ2v) is 5.85. The first-order valence-corrected chi connectivity index (χ1v) is 8.03. The van der Waals surface area contributed by atoms with Gasteiger partial charge in [0, 0.05) is 0 Å². The van der Waals surface area contributed by atoms with Gasteiger partial charge in [-0.2, -0.15) is 5.10 Å². The second-order valence-electron chi connectivity index (χ2n) is 5.85. The summed E-state index contributed by atoms with van der Waals surface area (Å²) in [4.78, 5) is 12.3. The van der Waals surface area contributed by atoms with Crippen molar-refractivity contribution in [2.24, 2.45) is 5.10 Å². The van der Waals surface area contributed by atoms with Crippen LogP contribution in [-0.2, 0) is 4.74 Å². The fourth-order valence-electron chi connectivity index (χ4n) is 2.86. The van der Waals surface area contributed by atoms with Crippen LogP contribution in [0, 0.1) is 0 Å². The first-order valence-electron chi connectivity index (χ1n) is 8.03. The Balaban J connectivity index is 1.74. The lowest BCUT2D eigenvalue weighted by atomic mass is 10.1. The van der Waals surface area contributed by atoms with Crippen molar-refractivity contribution in [1.82, 2.24) is 19.5 Å². The lowest BCUT2D eigenvalue weighted by Crippen LogP contribution is -2.33. The van der Waals surface area contributed by atoms with Gasteiger partial charge in [0.25, 0.3) is 0 Å². The number of aromatic nitrogens is 4. The molecule has 6 N–H and O–H groups in total. The second kappa shape index (κ2) is 6.92. The molecule has 12 heteroatoms. The highest BCUT2D eigenvalue weighted by molar-refractivity contribution is 5.84. The number of fused-ring (bicyclic) bond motifs is 1. The Hall–Kier alpha value is -3.06. The Bertz CT molecular complexity index is 957. The molecule has 0 aliphatic carbocycles. The minimum absolute atomic E-state index is 0.128. The van der Waals surface area contributed by atoms with E-state index in [0.29, 0.717) is 5.76 Å². The number of rotatable bonds is 5. The van der Waals surface area contributed by atoms with Crippen molar-refractivity contribution < 1.29 is 24.5 Å². The van der Waals surface area contributed by atoms with Crippen molar-refractivity contribution >= 4 is 29.1 Å². The molecule has 1 aliphatic heterocycles. The van der Waals surface area contributed by atoms with Gasteiger partial charge in [-0.05, 0) is 12.1 Å². The van der Waals surface area contributed by atoms with E-state index in [1.807, 2.05) is 0 Å². The van der Waals surface area contributed by atoms with E-state index >= 15 is 0 Å². The topological polar surface area (TPSA) is 177 Å². The molecule has 0 spiro atoms. The molecule has 0 amide bonds. The van der Waals surface area contributed by atoms with E-state index in [1.54, 1.807) is 12.1 Å². The van der Waals surface area contributed by atoms with E-state index in [2.05, 4.69) is 25.5 Å². The number of aliphatic hydroxyl groups is 3. The predicted molar refractivity (Wildman–Crippen MR) is 92.7 cm³/mol. The van der Waals surface area contributed by atoms with Crippen LogP contribution in [0.25, 0.3) is 11.2 Å². The fourth-order valence-corrected chi connectivity index (χ4v) is 2.86. The number of aliphatic hydroxyl groups excluding tert-OH is 3. The minimum atomic E-state index is -1.33. The first-order chi connectivity index (χ1) is 13.1. The minimum Gasteiger partial charge on any atom is -0.463 e. The summed E-state index contributed by atoms with van der Waals surface area (Å²) in [5.74, 6) is 0.788. The molecule has 142 valence electrons. The number of furan rings is 1. The van der Waals surface area contributed by atoms with Gasteiger partial charge >= 0.3 is 0 Å². The molecule has 0 aromatic carbocycles. The molecule has 12 nitrogen and oxygen atoms in total. The molecule has 1 saturated heterocycles. The van der Waals surface area contributed by atoms with Crippen molar-refractivity contribution in [3.05, 3.63) is 30.5 Å². The Labute approximate surface area is 151 Å². The molecule has 4 atom stereocenters. The predicted octanol–water partition coefficient (Wildman–Crippen LogP) is -0.941. The molecule has 0 saturated carbocycles. The van der Waals surface area contributed by atoms with Crippen LogP contribution in [-0.4, -0.2) is 66.0 Å². The van der Waals surface area contributed by atoms with Crippen LogP contribution in [0.15, 0.2) is 34.2 Å². The molecule has 4 heterocycles. The van der Waals surface area contributed by atoms with Gasteiger partial charge in [0.15, 0.2) is 23.2 Å². The summed E-state index contributed by atoms with van der Waals surface area (Å²) in [6.07, 6.45) is -0.463. The fraction of sp³-hybridized carbons (Fsp3) is 0.333. The average Bonchev–Trinajstić information content (AvgIpc) is 3.36. The highest BCUT2D eigenvalue weighted by atomic mass is 16.6. The standard InChI is InChI=1S/C15H17N7O5/c16-12-9-13(18-6-17-12)22(14-11(25)10(24)8(5-23)27-14)15(20-9)21-19-4-7-2-1-3-26-7/h1-4,6,8,10-11,14,23-25H,5H2,(H,20,21)(H2,16,17,18)/t8-,10+,11+,14-/m0/s1. The van der Waals surface area contributed by atoms with Crippen molar-refractivity contribution in [1.29, 1.82) is 0 Å². The van der Waals surface area contributed by atoms with Crippen LogP contribution in [0.4, 0.5) is 11.8 Å². The molecule has 4 rings (SSSR count). The smallest absolute Gasteiger partial charge is 0.228 e. The Morgan fingerprint density at radius 2 is 2.19 bits per heavy atom. The molecule has 0 radical (unpaired) electrons. The number of nitrogen functional groups attached to an aromatic ring is 1. The lowest BCUT2D eigenvalue weighted by molar-refractivity contribution is -0.0501. The van der Waals surface area contributed by atoms with Crippen LogP contribution >= 0.6 is 0 Å². The van der Waals surface area contributed by atoms with Crippen LogP contribution in [0.1, 0.15) is 12.0 Å². The van der Waals surface area contributed by atoms with E-state index in [1.165, 1.54) is 23.4 Å². The van der Waals surface area contributed by atoms with E-state index < -0.39 is 31.1 Å². The van der Waals surface area contributed by atoms with E-state index in [-0.39, 0.29) is 22.9 Å². The molecule has 1 aliphatic rings. The highest BCUT2D eigenvalue weighted by Crippen LogP contribution is 2.35. The molecule has 3 aromatic heterocycles. The Morgan fingerprint density at radius 3 is 2.89 bits per heavy atom. The summed E-state index contributed by atoms with van der Waals surface area (Å²) in [5.41, 5.74) is 9.11. The summed E-state index contributed by atoms with van der Waals surface area (Å²) in [7, 11) is 0. The third kappa shape index (κ3) is 3.00. The lowest BCUT2D eigenvalue weighted by Gasteiger charge is -2.18. The van der Waals surface area contributed by atoms with E-state index in [4.69, 9.17) is 14.9 Å². The van der Waals surface area contributed by atoms with Gasteiger partial charge in [-0.25, -0.2) is 20.4 Å². The molecular formula is C15H17N7O5. The maximum atomic E-state index is 10.4. The number of anilines is 2. The average molecular weight is 375 g/mol. The summed E-state index contributed by atoms with van der Waals surface area (Å²) in [6, 6.07) is 3.43. The van der Waals surface area contributed by atoms with Gasteiger partial charge in [0.05, 0.1) is 19.1 Å². The van der Waals surface area contributed by atoms with Crippen LogP contribution in [0.3, 0.4) is 0 Å². The summed E-state index contributed by atoms with van der Waals surface area (Å²) in [6.45, 7) is -0.460. The normalized spacial score (nSPS) is 25.6. The molecular weight excluding hydrogens is 358 g/mol. The zero-order chi connectivity index (χ0) is 19.0. The molecule has 0 unspecified atom stereocenters. The van der Waals surface area contributed by atoms with Gasteiger partial charge in [-0.3, -0.25) is 4.57 Å². The van der Waals surface area contributed by atoms with Crippen LogP contribution in [0.5, 0.6) is 0 Å². The van der Waals surface area contributed by atoms with Crippen molar-refractivity contribution in [2.75, 3.05) is 17.8 Å². The zero-order valence-corrected chi connectivity index (χ0v) is 13.9. The van der Waals surface area contributed by atoms with Gasteiger partial charge < -0.3 is 30.2 Å². The number of nitrogens with one attached hydrogen (secondary N) is 1. The van der Waals surface area contributed by atoms with Crippen LogP contribution < -0.4 is 11.2 Å². The Morgan fingerprint density at radius 1 is 1.33 bits per heavy atom. The first kappa shape index (κ1) is 17.4. The highest BCUT2D eigenvalue weighted by Gasteiger charge is 2.45. The number of hydrogen-bond acceptors (Lipinski definition) is 11. The number of ether oxygens (including phenoxy) is 1. The molecule has 0 bridgehead atoms. The largest absolute Gasteiger partial charge is 0.463 e. The van der Waals surface area contributed by atoms with Crippen LogP contribution in [0.2, 0.25) is 0 Å². The third-order valence-corrected chi connectivity index (χ3v) is 4.18. The van der Waals surface area contributed by atoms with E-state index in [9.17, 15) is 15.3 Å². The molecule has 3 aromatic rings. The zero-order valence-electron chi connectivity index (χ0n) is 13.9. The van der Waals surface area contributed by atoms with Crippen molar-refractivity contribution in [3.63, 3.8) is 0 Å². The quantitative estimate of drug-likeness (QED) is 0.276. The number of hydrazone groups is 1. The van der Waals surface area contributed by atoms with Gasteiger partial charge in [0.1, 0.15) is 30.4 Å². The number of hydrogen-bond donors (Lipinski definition) is 5. The molecule has 1 fully saturated rings. The van der Waals surface area contributed by atoms with Gasteiger partial charge in [-0.15, -0.1) is 0 Å². The summed E-state index contributed by atoms with van der Waals surface area (Å²) < 4.78 is 12.1. The SMILES string of the molecule is Nc1ncnc2c1nc(NN=Cc1ccco1)n2[C@H]1O[C@@H](CO)[C@@H](O)[C@H]1O. The molecule has 27 heavy (non-hydrogen) atoms. The van der Waals surface area contributed by atoms with Gasteiger partial charge in [-0.1, -0.05) is 0 Å². The number of imidazole rings is 1. The third-order valence-electron chi connectivity index (χ3n) is 4.18. The number of nitrogens with zero attached hydrogens (tertiary/aromatic N) is 5. The summed E-state index contributed by atoms with van der Waals surface area (Å²) >= 11 is 0. The van der Waals surface area contributed by atoms with Crippen molar-refractivity contribution in [2.45, 2.75) is 24.5 Å². The van der Waals surface area contributed by atoms with Gasteiger partial charge in [0.2, 0.25) is 5.95 Å². The summed E-state index contributed by atoms with van der Waals surface area (Å²) in [5, 5.41) is 33.8. The maximum Gasteiger partial charge on any atom is 0.228 e. The van der Waals surface area contributed by atoms with E-state index in [0.717, 1.165) is 0 Å². The maximum absolute atomic E-state index is 10.4. The monoisotopic (exact) mass is 375 g/mol. The number of nitrogens with two attached hydrogens (primary N) is 1.